The Kier molecular flexibility index (Phi) is 4.21. The van der Waals surface area contributed by atoms with Crippen molar-refractivity contribution in [3.8, 4) is 5.75 Å². The predicted molar refractivity (Wildman–Crippen MR) is 54.5 cm³/mol. The summed E-state index contributed by atoms with van der Waals surface area (Å²) in [5.41, 5.74) is 6.51. The molecule has 0 atom stereocenters. The fraction of sp³-hybridized carbons (Fsp3) is 0.333. The molecular weight excluding hydrogens is 234 g/mol. The van der Waals surface area contributed by atoms with Gasteiger partial charge < -0.3 is 15.2 Å². The number of halogens is 1. The van der Waals surface area contributed by atoms with Crippen LogP contribution in [-0.2, 0) is 11.3 Å². The lowest BCUT2D eigenvalue weighted by Gasteiger charge is -2.10. The van der Waals surface area contributed by atoms with Crippen molar-refractivity contribution in [3.05, 3.63) is 28.2 Å². The first-order valence-electron chi connectivity index (χ1n) is 3.88. The van der Waals surface area contributed by atoms with Crippen LogP contribution in [0.2, 0.25) is 0 Å². The fourth-order valence-corrected chi connectivity index (χ4v) is 1.52. The van der Waals surface area contributed by atoms with E-state index < -0.39 is 0 Å². The van der Waals surface area contributed by atoms with Gasteiger partial charge in [-0.2, -0.15) is 0 Å². The van der Waals surface area contributed by atoms with Crippen molar-refractivity contribution in [1.29, 1.82) is 0 Å². The van der Waals surface area contributed by atoms with Crippen LogP contribution < -0.4 is 10.5 Å². The average molecular weight is 246 g/mol. The van der Waals surface area contributed by atoms with Crippen LogP contribution >= 0.6 is 15.9 Å². The zero-order chi connectivity index (χ0) is 9.68. The summed E-state index contributed by atoms with van der Waals surface area (Å²) in [6.45, 7) is 0.689. The lowest BCUT2D eigenvalue weighted by molar-refractivity contribution is 0.0499. The Morgan fingerprint density at radius 3 is 2.85 bits per heavy atom. The maximum absolute atomic E-state index is 5.55. The van der Waals surface area contributed by atoms with E-state index in [0.29, 0.717) is 6.54 Å². The Morgan fingerprint density at radius 2 is 2.23 bits per heavy atom. The van der Waals surface area contributed by atoms with Crippen LogP contribution in [0.25, 0.3) is 0 Å². The van der Waals surface area contributed by atoms with Crippen LogP contribution in [0.5, 0.6) is 5.75 Å². The highest BCUT2D eigenvalue weighted by Gasteiger charge is 2.05. The summed E-state index contributed by atoms with van der Waals surface area (Å²) in [6, 6.07) is 5.76. The van der Waals surface area contributed by atoms with Crippen molar-refractivity contribution in [2.75, 3.05) is 13.9 Å². The zero-order valence-corrected chi connectivity index (χ0v) is 9.00. The monoisotopic (exact) mass is 245 g/mol. The Balaban J connectivity index is 2.87. The molecule has 1 aromatic carbocycles. The second-order valence-electron chi connectivity index (χ2n) is 2.48. The molecule has 0 bridgehead atoms. The third-order valence-electron chi connectivity index (χ3n) is 1.59. The van der Waals surface area contributed by atoms with Crippen LogP contribution in [0.4, 0.5) is 0 Å². The largest absolute Gasteiger partial charge is 0.466 e. The summed E-state index contributed by atoms with van der Waals surface area (Å²) in [6.07, 6.45) is 0. The van der Waals surface area contributed by atoms with E-state index in [1.54, 1.807) is 7.11 Å². The molecule has 0 unspecified atom stereocenters. The Labute approximate surface area is 86.0 Å². The van der Waals surface area contributed by atoms with Gasteiger partial charge in [0, 0.05) is 19.2 Å². The highest BCUT2D eigenvalue weighted by molar-refractivity contribution is 9.10. The molecule has 72 valence electrons. The van der Waals surface area contributed by atoms with Gasteiger partial charge in [-0.25, -0.2) is 0 Å². The molecule has 0 saturated heterocycles. The number of ether oxygens (including phenoxy) is 2. The van der Waals surface area contributed by atoms with Crippen LogP contribution in [0, 0.1) is 0 Å². The molecule has 0 spiro atoms. The molecule has 2 N–H and O–H groups in total. The summed E-state index contributed by atoms with van der Waals surface area (Å²) in [4.78, 5) is 0. The van der Waals surface area contributed by atoms with E-state index in [9.17, 15) is 0 Å². The second-order valence-corrected chi connectivity index (χ2v) is 3.34. The highest BCUT2D eigenvalue weighted by atomic mass is 79.9. The first kappa shape index (κ1) is 10.5. The number of rotatable bonds is 4. The van der Waals surface area contributed by atoms with Crippen molar-refractivity contribution < 1.29 is 9.47 Å². The maximum Gasteiger partial charge on any atom is 0.188 e. The first-order valence-corrected chi connectivity index (χ1v) is 4.68. The van der Waals surface area contributed by atoms with E-state index in [1.807, 2.05) is 18.2 Å². The normalized spacial score (nSPS) is 10.1. The fourth-order valence-electron chi connectivity index (χ4n) is 0.994. The Hall–Kier alpha value is -0.580. The number of methoxy groups -OCH3 is 1. The molecule has 4 heteroatoms. The third-order valence-corrected chi connectivity index (χ3v) is 2.21. The number of nitrogens with two attached hydrogens (primary N) is 1. The van der Waals surface area contributed by atoms with Crippen LogP contribution in [0.1, 0.15) is 5.56 Å². The van der Waals surface area contributed by atoms with E-state index in [2.05, 4.69) is 15.9 Å². The molecule has 13 heavy (non-hydrogen) atoms. The van der Waals surface area contributed by atoms with Gasteiger partial charge in [0.15, 0.2) is 6.79 Å². The van der Waals surface area contributed by atoms with Crippen molar-refractivity contribution >= 4 is 15.9 Å². The molecule has 0 saturated carbocycles. The minimum Gasteiger partial charge on any atom is -0.466 e. The van der Waals surface area contributed by atoms with Gasteiger partial charge in [0.1, 0.15) is 5.75 Å². The molecule has 0 fully saturated rings. The zero-order valence-electron chi connectivity index (χ0n) is 7.42. The van der Waals surface area contributed by atoms with Gasteiger partial charge >= 0.3 is 0 Å². The van der Waals surface area contributed by atoms with E-state index in [0.717, 1.165) is 15.8 Å². The van der Waals surface area contributed by atoms with Gasteiger partial charge in [0.05, 0.1) is 4.47 Å². The number of hydrogen-bond donors (Lipinski definition) is 1. The van der Waals surface area contributed by atoms with Crippen molar-refractivity contribution in [2.45, 2.75) is 6.54 Å². The van der Waals surface area contributed by atoms with Crippen LogP contribution in [0.15, 0.2) is 22.7 Å². The molecule has 0 amide bonds. The lowest BCUT2D eigenvalue weighted by atomic mass is 10.2. The Morgan fingerprint density at radius 1 is 1.46 bits per heavy atom. The van der Waals surface area contributed by atoms with Gasteiger partial charge in [-0.15, -0.1) is 0 Å². The summed E-state index contributed by atoms with van der Waals surface area (Å²) < 4.78 is 11.1. The molecule has 0 aliphatic carbocycles. The molecule has 0 aliphatic heterocycles. The summed E-state index contributed by atoms with van der Waals surface area (Å²) in [5, 5.41) is 0. The van der Waals surface area contributed by atoms with Gasteiger partial charge in [0.25, 0.3) is 0 Å². The van der Waals surface area contributed by atoms with E-state index in [4.69, 9.17) is 15.2 Å². The molecule has 0 aliphatic rings. The molecule has 3 nitrogen and oxygen atoms in total. The van der Waals surface area contributed by atoms with Crippen LogP contribution in [0.3, 0.4) is 0 Å². The third kappa shape index (κ3) is 2.69. The van der Waals surface area contributed by atoms with Gasteiger partial charge in [0.2, 0.25) is 0 Å². The van der Waals surface area contributed by atoms with E-state index >= 15 is 0 Å². The SMILES string of the molecule is COCOc1c(Br)cccc1CN. The smallest absolute Gasteiger partial charge is 0.188 e. The van der Waals surface area contributed by atoms with Gasteiger partial charge in [-0.1, -0.05) is 12.1 Å². The van der Waals surface area contributed by atoms with Crippen LogP contribution in [-0.4, -0.2) is 13.9 Å². The first-order chi connectivity index (χ1) is 6.29. The number of hydrogen-bond acceptors (Lipinski definition) is 3. The molecule has 0 heterocycles. The van der Waals surface area contributed by atoms with E-state index in [1.165, 1.54) is 0 Å². The second kappa shape index (κ2) is 5.21. The highest BCUT2D eigenvalue weighted by Crippen LogP contribution is 2.28. The summed E-state index contributed by atoms with van der Waals surface area (Å²) >= 11 is 3.38. The summed E-state index contributed by atoms with van der Waals surface area (Å²) in [5.74, 6) is 0.756. The predicted octanol–water partition coefficient (Wildman–Crippen LogP) is 1.89. The average Bonchev–Trinajstić information content (AvgIpc) is 2.15. The Bertz CT molecular complexity index is 278. The van der Waals surface area contributed by atoms with E-state index in [-0.39, 0.29) is 6.79 Å². The van der Waals surface area contributed by atoms with Gasteiger partial charge in [-0.3, -0.25) is 0 Å². The standard InChI is InChI=1S/C9H12BrNO2/c1-12-6-13-9-7(5-11)3-2-4-8(9)10/h2-4H,5-6,11H2,1H3. The molecular formula is C9H12BrNO2. The topological polar surface area (TPSA) is 44.5 Å². The quantitative estimate of drug-likeness (QED) is 0.825. The molecule has 1 rings (SSSR count). The summed E-state index contributed by atoms with van der Waals surface area (Å²) in [7, 11) is 1.58. The van der Waals surface area contributed by atoms with Gasteiger partial charge in [-0.05, 0) is 22.0 Å². The lowest BCUT2D eigenvalue weighted by Crippen LogP contribution is -2.05. The van der Waals surface area contributed by atoms with Crippen molar-refractivity contribution in [1.82, 2.24) is 0 Å². The number of para-hydroxylation sites is 1. The molecule has 0 aromatic heterocycles. The van der Waals surface area contributed by atoms with Crippen molar-refractivity contribution in [3.63, 3.8) is 0 Å². The van der Waals surface area contributed by atoms with Crippen molar-refractivity contribution in [2.24, 2.45) is 5.73 Å². The number of benzene rings is 1. The maximum atomic E-state index is 5.55. The minimum atomic E-state index is 0.232. The molecule has 0 radical (unpaired) electrons. The minimum absolute atomic E-state index is 0.232. The molecule has 1 aromatic rings.